The van der Waals surface area contributed by atoms with Crippen LogP contribution in [0, 0.1) is 5.41 Å². The van der Waals surface area contributed by atoms with Gasteiger partial charge in [0.05, 0.1) is 0 Å². The van der Waals surface area contributed by atoms with Crippen molar-refractivity contribution >= 4 is 15.9 Å². The molecule has 90 valence electrons. The molecule has 1 aliphatic carbocycles. The number of nitrogens with zero attached hydrogens (tertiary/aromatic N) is 2. The predicted molar refractivity (Wildman–Crippen MR) is 70.7 cm³/mol. The van der Waals surface area contributed by atoms with E-state index < -0.39 is 0 Å². The lowest BCUT2D eigenvalue weighted by atomic mass is 9.70. The number of alkyl halides is 1. The Labute approximate surface area is 103 Å². The highest BCUT2D eigenvalue weighted by atomic mass is 79.9. The SMILES string of the molecule is CN(C)CCCN(C)CC1(CBr)CCC1. The quantitative estimate of drug-likeness (QED) is 0.659. The summed E-state index contributed by atoms with van der Waals surface area (Å²) in [5, 5.41) is 1.18. The van der Waals surface area contributed by atoms with E-state index in [1.807, 2.05) is 0 Å². The Bertz CT molecular complexity index is 173. The van der Waals surface area contributed by atoms with Crippen LogP contribution in [-0.4, -0.2) is 55.9 Å². The fourth-order valence-corrected chi connectivity index (χ4v) is 3.06. The van der Waals surface area contributed by atoms with Gasteiger partial charge in [-0.25, -0.2) is 0 Å². The summed E-state index contributed by atoms with van der Waals surface area (Å²) in [6.07, 6.45) is 5.53. The van der Waals surface area contributed by atoms with Crippen molar-refractivity contribution in [2.45, 2.75) is 25.7 Å². The van der Waals surface area contributed by atoms with Crippen molar-refractivity contribution in [1.82, 2.24) is 9.80 Å². The summed E-state index contributed by atoms with van der Waals surface area (Å²) >= 11 is 3.67. The molecule has 0 bridgehead atoms. The van der Waals surface area contributed by atoms with Gasteiger partial charge in [0.15, 0.2) is 0 Å². The van der Waals surface area contributed by atoms with Crippen molar-refractivity contribution in [2.24, 2.45) is 5.41 Å². The average molecular weight is 277 g/mol. The minimum Gasteiger partial charge on any atom is -0.309 e. The van der Waals surface area contributed by atoms with Gasteiger partial charge in [-0.2, -0.15) is 0 Å². The maximum Gasteiger partial charge on any atom is 0.0100 e. The van der Waals surface area contributed by atoms with E-state index in [1.54, 1.807) is 0 Å². The van der Waals surface area contributed by atoms with Crippen LogP contribution in [0.3, 0.4) is 0 Å². The normalized spacial score (nSPS) is 19.6. The summed E-state index contributed by atoms with van der Waals surface area (Å²) in [5.41, 5.74) is 0.604. The standard InChI is InChI=1S/C12H25BrN2/c1-14(2)8-5-9-15(3)11-12(10-13)6-4-7-12/h4-11H2,1-3H3. The van der Waals surface area contributed by atoms with Crippen molar-refractivity contribution in [2.75, 3.05) is 46.1 Å². The predicted octanol–water partition coefficient (Wildman–Crippen LogP) is 2.44. The summed E-state index contributed by atoms with van der Waals surface area (Å²) in [7, 11) is 6.55. The first-order chi connectivity index (χ1) is 7.08. The molecule has 0 unspecified atom stereocenters. The third-order valence-corrected chi connectivity index (χ3v) is 4.64. The first-order valence-corrected chi connectivity index (χ1v) is 7.09. The summed E-state index contributed by atoms with van der Waals surface area (Å²) in [4.78, 5) is 4.77. The molecule has 3 heteroatoms. The van der Waals surface area contributed by atoms with Crippen LogP contribution < -0.4 is 0 Å². The van der Waals surface area contributed by atoms with Gasteiger partial charge in [-0.1, -0.05) is 22.4 Å². The number of halogens is 1. The highest BCUT2D eigenvalue weighted by Gasteiger charge is 2.36. The van der Waals surface area contributed by atoms with Crippen LogP contribution in [0.15, 0.2) is 0 Å². The van der Waals surface area contributed by atoms with Gasteiger partial charge in [-0.15, -0.1) is 0 Å². The molecule has 0 atom stereocenters. The van der Waals surface area contributed by atoms with Gasteiger partial charge in [0, 0.05) is 11.9 Å². The summed E-state index contributed by atoms with van der Waals surface area (Å²) < 4.78 is 0. The Balaban J connectivity index is 2.14. The fourth-order valence-electron chi connectivity index (χ4n) is 2.32. The van der Waals surface area contributed by atoms with Gasteiger partial charge in [0.1, 0.15) is 0 Å². The Hall–Kier alpha value is 0.400. The zero-order valence-corrected chi connectivity index (χ0v) is 12.0. The second kappa shape index (κ2) is 6.21. The maximum absolute atomic E-state index is 3.67. The molecule has 1 saturated carbocycles. The van der Waals surface area contributed by atoms with E-state index in [0.29, 0.717) is 5.41 Å². The molecule has 0 aromatic heterocycles. The van der Waals surface area contributed by atoms with Gasteiger partial charge in [-0.3, -0.25) is 0 Å². The van der Waals surface area contributed by atoms with E-state index in [4.69, 9.17) is 0 Å². The van der Waals surface area contributed by atoms with Crippen LogP contribution in [0.5, 0.6) is 0 Å². The van der Waals surface area contributed by atoms with Crippen molar-refractivity contribution in [3.05, 3.63) is 0 Å². The highest BCUT2D eigenvalue weighted by molar-refractivity contribution is 9.09. The molecule has 0 saturated heterocycles. The Kier molecular flexibility index (Phi) is 5.58. The molecule has 0 radical (unpaired) electrons. The molecule has 0 aliphatic heterocycles. The lowest BCUT2D eigenvalue weighted by Gasteiger charge is -2.43. The average Bonchev–Trinajstić information content (AvgIpc) is 2.11. The van der Waals surface area contributed by atoms with E-state index in [9.17, 15) is 0 Å². The van der Waals surface area contributed by atoms with Gasteiger partial charge in [-0.05, 0) is 58.9 Å². The van der Waals surface area contributed by atoms with Crippen LogP contribution >= 0.6 is 15.9 Å². The van der Waals surface area contributed by atoms with Crippen molar-refractivity contribution < 1.29 is 0 Å². The summed E-state index contributed by atoms with van der Waals surface area (Å²) in [6.45, 7) is 3.70. The molecule has 0 spiro atoms. The second-order valence-corrected chi connectivity index (χ2v) is 5.94. The van der Waals surface area contributed by atoms with Gasteiger partial charge < -0.3 is 9.80 Å². The molecule has 0 N–H and O–H groups in total. The van der Waals surface area contributed by atoms with E-state index in [0.717, 1.165) is 0 Å². The van der Waals surface area contributed by atoms with Gasteiger partial charge in [0.25, 0.3) is 0 Å². The van der Waals surface area contributed by atoms with Crippen LogP contribution in [0.4, 0.5) is 0 Å². The van der Waals surface area contributed by atoms with Crippen molar-refractivity contribution in [1.29, 1.82) is 0 Å². The van der Waals surface area contributed by atoms with E-state index in [-0.39, 0.29) is 0 Å². The smallest absolute Gasteiger partial charge is 0.0100 e. The monoisotopic (exact) mass is 276 g/mol. The van der Waals surface area contributed by atoms with Crippen molar-refractivity contribution in [3.8, 4) is 0 Å². The first-order valence-electron chi connectivity index (χ1n) is 5.97. The van der Waals surface area contributed by atoms with Gasteiger partial charge in [0.2, 0.25) is 0 Å². The molecule has 15 heavy (non-hydrogen) atoms. The topological polar surface area (TPSA) is 6.48 Å². The fraction of sp³-hybridized carbons (Fsp3) is 1.00. The molecule has 0 aromatic carbocycles. The minimum absolute atomic E-state index is 0.604. The Morgan fingerprint density at radius 2 is 1.80 bits per heavy atom. The van der Waals surface area contributed by atoms with E-state index in [2.05, 4.69) is 46.9 Å². The zero-order chi connectivity index (χ0) is 11.3. The highest BCUT2D eigenvalue weighted by Crippen LogP contribution is 2.42. The van der Waals surface area contributed by atoms with Crippen LogP contribution in [-0.2, 0) is 0 Å². The van der Waals surface area contributed by atoms with Crippen LogP contribution in [0.1, 0.15) is 25.7 Å². The lowest BCUT2D eigenvalue weighted by Crippen LogP contribution is -2.42. The molecule has 0 aromatic rings. The lowest BCUT2D eigenvalue weighted by molar-refractivity contribution is 0.104. The zero-order valence-electron chi connectivity index (χ0n) is 10.4. The third-order valence-electron chi connectivity index (χ3n) is 3.45. The molecule has 0 amide bonds. The largest absolute Gasteiger partial charge is 0.309 e. The molecule has 1 rings (SSSR count). The Morgan fingerprint density at radius 1 is 1.13 bits per heavy atom. The summed E-state index contributed by atoms with van der Waals surface area (Å²) in [6, 6.07) is 0. The van der Waals surface area contributed by atoms with Crippen LogP contribution in [0.25, 0.3) is 0 Å². The summed E-state index contributed by atoms with van der Waals surface area (Å²) in [5.74, 6) is 0. The molecule has 1 fully saturated rings. The molecular weight excluding hydrogens is 252 g/mol. The van der Waals surface area contributed by atoms with E-state index >= 15 is 0 Å². The number of rotatable bonds is 7. The number of hydrogen-bond donors (Lipinski definition) is 0. The molecular formula is C12H25BrN2. The van der Waals surface area contributed by atoms with Crippen molar-refractivity contribution in [3.63, 3.8) is 0 Å². The first kappa shape index (κ1) is 13.5. The van der Waals surface area contributed by atoms with Gasteiger partial charge >= 0.3 is 0 Å². The Morgan fingerprint density at radius 3 is 2.20 bits per heavy atom. The maximum atomic E-state index is 3.67. The van der Waals surface area contributed by atoms with E-state index in [1.165, 1.54) is 50.6 Å². The molecule has 1 aliphatic rings. The third kappa shape index (κ3) is 4.41. The second-order valence-electron chi connectivity index (χ2n) is 5.38. The molecule has 0 heterocycles. The van der Waals surface area contributed by atoms with Crippen LogP contribution in [0.2, 0.25) is 0 Å². The number of hydrogen-bond acceptors (Lipinski definition) is 2. The molecule has 2 nitrogen and oxygen atoms in total. The minimum atomic E-state index is 0.604.